The molecule has 1 aliphatic heterocycles. The largest absolute Gasteiger partial charge is 0.347 e. The van der Waals surface area contributed by atoms with E-state index in [2.05, 4.69) is 26.0 Å². The van der Waals surface area contributed by atoms with Crippen molar-refractivity contribution in [3.63, 3.8) is 0 Å². The van der Waals surface area contributed by atoms with Gasteiger partial charge in [0.15, 0.2) is 5.69 Å². The predicted molar refractivity (Wildman–Crippen MR) is 140 cm³/mol. The molecule has 1 aliphatic rings. The Bertz CT molecular complexity index is 1450. The molecule has 2 aromatic carbocycles. The molecule has 11 heteroatoms. The van der Waals surface area contributed by atoms with Crippen LogP contribution in [-0.4, -0.2) is 45.7 Å². The van der Waals surface area contributed by atoms with Crippen LogP contribution in [-0.2, 0) is 0 Å². The van der Waals surface area contributed by atoms with Crippen molar-refractivity contribution < 1.29 is 14.0 Å². The molecule has 1 fully saturated rings. The number of para-hydroxylation sites is 1. The number of amides is 2. The summed E-state index contributed by atoms with van der Waals surface area (Å²) >= 11 is 12.7. The molecular formula is C26H21Cl2FN6O2. The molecule has 0 saturated carbocycles. The summed E-state index contributed by atoms with van der Waals surface area (Å²) in [5.74, 6) is -1.11. The summed E-state index contributed by atoms with van der Waals surface area (Å²) in [5, 5.41) is 13.8. The van der Waals surface area contributed by atoms with Gasteiger partial charge in [0.05, 0.1) is 33.2 Å². The van der Waals surface area contributed by atoms with Crippen LogP contribution in [0.1, 0.15) is 27.3 Å². The van der Waals surface area contributed by atoms with Gasteiger partial charge in [-0.15, -0.1) is 0 Å². The van der Waals surface area contributed by atoms with Crippen molar-refractivity contribution in [2.75, 3.05) is 18.4 Å². The van der Waals surface area contributed by atoms with Crippen LogP contribution in [0, 0.1) is 5.82 Å². The second-order valence-electron chi connectivity index (χ2n) is 8.45. The zero-order chi connectivity index (χ0) is 25.9. The molecule has 0 unspecified atom stereocenters. The molecule has 0 aliphatic carbocycles. The van der Waals surface area contributed by atoms with Crippen molar-refractivity contribution in [2.45, 2.75) is 12.5 Å². The summed E-state index contributed by atoms with van der Waals surface area (Å²) < 4.78 is 14.8. The summed E-state index contributed by atoms with van der Waals surface area (Å²) in [4.78, 5) is 30.3. The molecular weight excluding hydrogens is 518 g/mol. The minimum absolute atomic E-state index is 0.0128. The second kappa shape index (κ2) is 10.7. The Kier molecular flexibility index (Phi) is 7.18. The molecule has 0 radical (unpaired) electrons. The van der Waals surface area contributed by atoms with Gasteiger partial charge in [-0.05, 0) is 49.4 Å². The van der Waals surface area contributed by atoms with Gasteiger partial charge in [0.25, 0.3) is 11.8 Å². The molecule has 37 heavy (non-hydrogen) atoms. The van der Waals surface area contributed by atoms with E-state index in [9.17, 15) is 14.0 Å². The number of nitrogens with one attached hydrogen (secondary N) is 3. The van der Waals surface area contributed by atoms with Crippen LogP contribution >= 0.6 is 23.2 Å². The van der Waals surface area contributed by atoms with Crippen molar-refractivity contribution in [1.29, 1.82) is 0 Å². The molecule has 2 amide bonds. The number of anilines is 1. The molecule has 3 heterocycles. The Morgan fingerprint density at radius 2 is 1.84 bits per heavy atom. The summed E-state index contributed by atoms with van der Waals surface area (Å²) in [6, 6.07) is 16.3. The maximum absolute atomic E-state index is 13.4. The van der Waals surface area contributed by atoms with Gasteiger partial charge < -0.3 is 16.0 Å². The van der Waals surface area contributed by atoms with Crippen molar-refractivity contribution in [3.05, 3.63) is 94.0 Å². The van der Waals surface area contributed by atoms with Crippen molar-refractivity contribution in [1.82, 2.24) is 25.4 Å². The van der Waals surface area contributed by atoms with Crippen LogP contribution in [0.25, 0.3) is 16.9 Å². The SMILES string of the molecule is O=C(N[C@@H]1CCNC1)c1cc(NC(=O)c2cc(-c3ccc(F)cn3)c(Cl)cc2Cl)n(-c2ccccc2)n1. The molecule has 1 atom stereocenters. The summed E-state index contributed by atoms with van der Waals surface area (Å²) in [5.41, 5.74) is 1.73. The Morgan fingerprint density at radius 3 is 2.54 bits per heavy atom. The first-order valence-corrected chi connectivity index (χ1v) is 12.2. The third-order valence-electron chi connectivity index (χ3n) is 5.88. The lowest BCUT2D eigenvalue weighted by Gasteiger charge is -2.12. The van der Waals surface area contributed by atoms with Gasteiger partial charge in [-0.1, -0.05) is 41.4 Å². The molecule has 0 spiro atoms. The highest BCUT2D eigenvalue weighted by Crippen LogP contribution is 2.32. The molecule has 2 aromatic heterocycles. The Morgan fingerprint density at radius 1 is 1.03 bits per heavy atom. The smallest absolute Gasteiger partial charge is 0.272 e. The van der Waals surface area contributed by atoms with Gasteiger partial charge >= 0.3 is 0 Å². The van der Waals surface area contributed by atoms with Crippen LogP contribution in [0.5, 0.6) is 0 Å². The third-order valence-corrected chi connectivity index (χ3v) is 6.51. The van der Waals surface area contributed by atoms with Crippen molar-refractivity contribution in [2.24, 2.45) is 0 Å². The number of rotatable bonds is 6. The maximum atomic E-state index is 13.4. The number of carbonyl (C=O) groups is 2. The Hall–Kier alpha value is -3.79. The highest BCUT2D eigenvalue weighted by atomic mass is 35.5. The lowest BCUT2D eigenvalue weighted by atomic mass is 10.1. The number of carbonyl (C=O) groups excluding carboxylic acids is 2. The first-order valence-electron chi connectivity index (χ1n) is 11.5. The number of aromatic nitrogens is 3. The monoisotopic (exact) mass is 538 g/mol. The van der Waals surface area contributed by atoms with Crippen LogP contribution in [0.4, 0.5) is 10.2 Å². The second-order valence-corrected chi connectivity index (χ2v) is 9.27. The lowest BCUT2D eigenvalue weighted by molar-refractivity contribution is 0.0933. The van der Waals surface area contributed by atoms with E-state index < -0.39 is 11.7 Å². The maximum Gasteiger partial charge on any atom is 0.272 e. The van der Waals surface area contributed by atoms with Crippen LogP contribution < -0.4 is 16.0 Å². The van der Waals surface area contributed by atoms with Gasteiger partial charge in [0, 0.05) is 24.2 Å². The minimum Gasteiger partial charge on any atom is -0.347 e. The molecule has 4 aromatic rings. The summed E-state index contributed by atoms with van der Waals surface area (Å²) in [6.07, 6.45) is 1.89. The van der Waals surface area contributed by atoms with Crippen LogP contribution in [0.3, 0.4) is 0 Å². The van der Waals surface area contributed by atoms with Gasteiger partial charge in [0.2, 0.25) is 0 Å². The first-order chi connectivity index (χ1) is 17.9. The van der Waals surface area contributed by atoms with Gasteiger partial charge in [0.1, 0.15) is 11.6 Å². The van der Waals surface area contributed by atoms with E-state index in [0.717, 1.165) is 19.2 Å². The lowest BCUT2D eigenvalue weighted by Crippen LogP contribution is -2.36. The fraction of sp³-hybridized carbons (Fsp3) is 0.154. The highest BCUT2D eigenvalue weighted by Gasteiger charge is 2.23. The fourth-order valence-corrected chi connectivity index (χ4v) is 4.59. The number of pyridine rings is 1. The standard InChI is InChI=1S/C26H21Cl2FN6O2/c27-20-11-21(28)19(10-18(20)22-7-6-15(29)13-31-22)25(36)33-24-12-23(26(37)32-16-8-9-30-14-16)34-35(24)17-4-2-1-3-5-17/h1-7,10-13,16,30H,8-9,14H2,(H,32,37)(H,33,36)/t16-/m1/s1. The molecule has 1 saturated heterocycles. The minimum atomic E-state index is -0.547. The Balaban J connectivity index is 1.47. The van der Waals surface area contributed by atoms with E-state index in [4.69, 9.17) is 23.2 Å². The van der Waals surface area contributed by atoms with Crippen LogP contribution in [0.15, 0.2) is 66.9 Å². The van der Waals surface area contributed by atoms with Crippen molar-refractivity contribution in [3.8, 4) is 16.9 Å². The van der Waals surface area contributed by atoms with E-state index in [0.29, 0.717) is 23.5 Å². The number of benzene rings is 2. The van der Waals surface area contributed by atoms with E-state index >= 15 is 0 Å². The van der Waals surface area contributed by atoms with Crippen LogP contribution in [0.2, 0.25) is 10.0 Å². The van der Waals surface area contributed by atoms with E-state index in [1.165, 1.54) is 35.0 Å². The van der Waals surface area contributed by atoms with Gasteiger partial charge in [-0.3, -0.25) is 14.6 Å². The predicted octanol–water partition coefficient (Wildman–Crippen LogP) is 4.72. The first kappa shape index (κ1) is 24.9. The van der Waals surface area contributed by atoms with Gasteiger partial charge in [-0.2, -0.15) is 5.10 Å². The summed E-state index contributed by atoms with van der Waals surface area (Å²) in [7, 11) is 0. The van der Waals surface area contributed by atoms with E-state index in [1.54, 1.807) is 12.1 Å². The number of nitrogens with zero attached hydrogens (tertiary/aromatic N) is 3. The topological polar surface area (TPSA) is 101 Å². The number of hydrogen-bond donors (Lipinski definition) is 3. The number of hydrogen-bond acceptors (Lipinski definition) is 5. The van der Waals surface area contributed by atoms with Crippen molar-refractivity contribution >= 4 is 40.8 Å². The zero-order valence-electron chi connectivity index (χ0n) is 19.3. The molecule has 188 valence electrons. The molecule has 5 rings (SSSR count). The Labute approximate surface area is 221 Å². The fourth-order valence-electron chi connectivity index (χ4n) is 4.02. The van der Waals surface area contributed by atoms with Gasteiger partial charge in [-0.25, -0.2) is 9.07 Å². The quantitative estimate of drug-likeness (QED) is 0.329. The average molecular weight is 539 g/mol. The summed E-state index contributed by atoms with van der Waals surface area (Å²) in [6.45, 7) is 1.52. The number of halogens is 3. The third kappa shape index (κ3) is 5.48. The molecule has 3 N–H and O–H groups in total. The molecule has 8 nitrogen and oxygen atoms in total. The molecule has 0 bridgehead atoms. The highest BCUT2D eigenvalue weighted by molar-refractivity contribution is 6.38. The average Bonchev–Trinajstić information content (AvgIpc) is 3.55. The van der Waals surface area contributed by atoms with E-state index in [1.807, 2.05) is 18.2 Å². The zero-order valence-corrected chi connectivity index (χ0v) is 20.9. The van der Waals surface area contributed by atoms with E-state index in [-0.39, 0.29) is 39.1 Å². The normalized spacial score (nSPS) is 14.9.